The van der Waals surface area contributed by atoms with Crippen molar-refractivity contribution in [3.63, 3.8) is 0 Å². The molecule has 0 saturated carbocycles. The fraction of sp³-hybridized carbons (Fsp3) is 0.571. The zero-order chi connectivity index (χ0) is 14.5. The van der Waals surface area contributed by atoms with E-state index < -0.39 is 5.91 Å². The van der Waals surface area contributed by atoms with Gasteiger partial charge in [-0.05, 0) is 19.8 Å². The number of amides is 1. The average molecular weight is 266 g/mol. The minimum absolute atomic E-state index is 0.0184. The molecule has 0 unspecified atom stereocenters. The van der Waals surface area contributed by atoms with Crippen LogP contribution in [-0.4, -0.2) is 29.1 Å². The van der Waals surface area contributed by atoms with Crippen molar-refractivity contribution >= 4 is 5.91 Å². The van der Waals surface area contributed by atoms with Gasteiger partial charge in [-0.2, -0.15) is 0 Å². The first kappa shape index (κ1) is 15.4. The van der Waals surface area contributed by atoms with Crippen molar-refractivity contribution in [2.24, 2.45) is 5.41 Å². The van der Waals surface area contributed by atoms with Crippen molar-refractivity contribution in [1.29, 1.82) is 0 Å². The Morgan fingerprint density at radius 2 is 2.05 bits per heavy atom. The SMILES string of the molecule is CCC(CC)(CO)CNC(=O)c1c[nH]c(C)cc1=O. The Bertz CT molecular complexity index is 481. The van der Waals surface area contributed by atoms with Gasteiger partial charge in [0, 0.05) is 29.9 Å². The lowest BCUT2D eigenvalue weighted by Crippen LogP contribution is -2.40. The fourth-order valence-corrected chi connectivity index (χ4v) is 1.89. The number of hydrogen-bond acceptors (Lipinski definition) is 3. The van der Waals surface area contributed by atoms with Gasteiger partial charge in [0.1, 0.15) is 5.56 Å². The third-order valence-corrected chi connectivity index (χ3v) is 3.76. The van der Waals surface area contributed by atoms with Gasteiger partial charge in [0.15, 0.2) is 5.43 Å². The first-order chi connectivity index (χ1) is 8.98. The molecule has 5 heteroatoms. The van der Waals surface area contributed by atoms with Crippen LogP contribution in [0.4, 0.5) is 0 Å². The first-order valence-corrected chi connectivity index (χ1v) is 6.56. The Hall–Kier alpha value is -1.62. The van der Waals surface area contributed by atoms with Gasteiger partial charge in [-0.1, -0.05) is 13.8 Å². The molecule has 0 aliphatic heterocycles. The molecule has 0 fully saturated rings. The maximum absolute atomic E-state index is 12.0. The van der Waals surface area contributed by atoms with E-state index in [0.29, 0.717) is 12.2 Å². The lowest BCUT2D eigenvalue weighted by Gasteiger charge is -2.29. The molecule has 1 aromatic rings. The number of aromatic nitrogens is 1. The largest absolute Gasteiger partial charge is 0.396 e. The summed E-state index contributed by atoms with van der Waals surface area (Å²) in [5.74, 6) is -0.402. The molecule has 0 radical (unpaired) electrons. The standard InChI is InChI=1S/C14H22N2O3/c1-4-14(5-2,9-17)8-16-13(19)11-7-15-10(3)6-12(11)18/h6-7,17H,4-5,8-9H2,1-3H3,(H,15,18)(H,16,19). The highest BCUT2D eigenvalue weighted by atomic mass is 16.3. The molecule has 0 saturated heterocycles. The number of aliphatic hydroxyl groups excluding tert-OH is 1. The zero-order valence-electron chi connectivity index (χ0n) is 11.7. The van der Waals surface area contributed by atoms with Crippen molar-refractivity contribution < 1.29 is 9.90 Å². The molecule has 0 aromatic carbocycles. The maximum atomic E-state index is 12.0. The second-order valence-electron chi connectivity index (χ2n) is 4.94. The number of aliphatic hydroxyl groups is 1. The number of carbonyl (C=O) groups is 1. The lowest BCUT2D eigenvalue weighted by molar-refractivity contribution is 0.0850. The van der Waals surface area contributed by atoms with Crippen LogP contribution in [0.15, 0.2) is 17.1 Å². The Labute approximate surface area is 113 Å². The van der Waals surface area contributed by atoms with Crippen LogP contribution in [0.25, 0.3) is 0 Å². The predicted octanol–water partition coefficient (Wildman–Crippen LogP) is 1.21. The van der Waals surface area contributed by atoms with E-state index >= 15 is 0 Å². The Morgan fingerprint density at radius 3 is 2.53 bits per heavy atom. The molecule has 1 rings (SSSR count). The van der Waals surface area contributed by atoms with E-state index in [-0.39, 0.29) is 23.0 Å². The summed E-state index contributed by atoms with van der Waals surface area (Å²) in [5.41, 5.74) is 0.210. The summed E-state index contributed by atoms with van der Waals surface area (Å²) in [6.45, 7) is 6.09. The molecule has 5 nitrogen and oxygen atoms in total. The van der Waals surface area contributed by atoms with Crippen molar-refractivity contribution in [2.45, 2.75) is 33.6 Å². The third-order valence-electron chi connectivity index (χ3n) is 3.76. The smallest absolute Gasteiger partial charge is 0.256 e. The average Bonchev–Trinajstić information content (AvgIpc) is 2.40. The van der Waals surface area contributed by atoms with E-state index in [2.05, 4.69) is 10.3 Å². The number of hydrogen-bond donors (Lipinski definition) is 3. The van der Waals surface area contributed by atoms with Crippen LogP contribution in [0.1, 0.15) is 42.7 Å². The normalized spacial score (nSPS) is 11.4. The number of nitrogens with one attached hydrogen (secondary N) is 2. The summed E-state index contributed by atoms with van der Waals surface area (Å²) < 4.78 is 0. The van der Waals surface area contributed by atoms with E-state index in [1.807, 2.05) is 13.8 Å². The molecular weight excluding hydrogens is 244 g/mol. The molecule has 3 N–H and O–H groups in total. The Balaban J connectivity index is 2.78. The van der Waals surface area contributed by atoms with Gasteiger partial charge in [-0.3, -0.25) is 9.59 Å². The number of aryl methyl sites for hydroxylation is 1. The van der Waals surface area contributed by atoms with E-state index in [9.17, 15) is 14.7 Å². The highest BCUT2D eigenvalue weighted by molar-refractivity contribution is 5.93. The minimum atomic E-state index is -0.402. The van der Waals surface area contributed by atoms with Crippen LogP contribution < -0.4 is 10.7 Å². The summed E-state index contributed by atoms with van der Waals surface area (Å²) in [4.78, 5) is 26.5. The summed E-state index contributed by atoms with van der Waals surface area (Å²) in [6.07, 6.45) is 2.96. The second-order valence-corrected chi connectivity index (χ2v) is 4.94. The predicted molar refractivity (Wildman–Crippen MR) is 74.2 cm³/mol. The van der Waals surface area contributed by atoms with E-state index in [0.717, 1.165) is 12.8 Å². The van der Waals surface area contributed by atoms with Gasteiger partial charge >= 0.3 is 0 Å². The molecule has 106 valence electrons. The van der Waals surface area contributed by atoms with Gasteiger partial charge in [-0.25, -0.2) is 0 Å². The minimum Gasteiger partial charge on any atom is -0.396 e. The zero-order valence-corrected chi connectivity index (χ0v) is 11.7. The van der Waals surface area contributed by atoms with E-state index in [4.69, 9.17) is 0 Å². The van der Waals surface area contributed by atoms with Crippen LogP contribution in [0.2, 0.25) is 0 Å². The second kappa shape index (κ2) is 6.52. The highest BCUT2D eigenvalue weighted by Gasteiger charge is 2.26. The molecule has 1 heterocycles. The first-order valence-electron chi connectivity index (χ1n) is 6.56. The Morgan fingerprint density at radius 1 is 1.42 bits per heavy atom. The van der Waals surface area contributed by atoms with Gasteiger partial charge in [0.25, 0.3) is 5.91 Å². The van der Waals surface area contributed by atoms with Gasteiger partial charge < -0.3 is 15.4 Å². The number of H-pyrrole nitrogens is 1. The quantitative estimate of drug-likeness (QED) is 0.724. The molecular formula is C14H22N2O3. The summed E-state index contributed by atoms with van der Waals surface area (Å²) in [7, 11) is 0. The maximum Gasteiger partial charge on any atom is 0.256 e. The number of rotatable bonds is 6. The molecule has 0 spiro atoms. The van der Waals surface area contributed by atoms with Crippen molar-refractivity contribution in [1.82, 2.24) is 10.3 Å². The molecule has 0 bridgehead atoms. The number of pyridine rings is 1. The molecule has 1 amide bonds. The van der Waals surface area contributed by atoms with Crippen LogP contribution in [0.5, 0.6) is 0 Å². The molecule has 0 aliphatic rings. The summed E-state index contributed by atoms with van der Waals surface area (Å²) in [6, 6.07) is 1.40. The molecule has 0 atom stereocenters. The van der Waals surface area contributed by atoms with Crippen LogP contribution >= 0.6 is 0 Å². The van der Waals surface area contributed by atoms with Gasteiger partial charge in [0.2, 0.25) is 0 Å². The van der Waals surface area contributed by atoms with Crippen molar-refractivity contribution in [2.75, 3.05) is 13.2 Å². The van der Waals surface area contributed by atoms with Crippen molar-refractivity contribution in [3.05, 3.63) is 33.7 Å². The fourth-order valence-electron chi connectivity index (χ4n) is 1.89. The van der Waals surface area contributed by atoms with Crippen LogP contribution in [0, 0.1) is 12.3 Å². The van der Waals surface area contributed by atoms with E-state index in [1.165, 1.54) is 12.3 Å². The molecule has 1 aromatic heterocycles. The topological polar surface area (TPSA) is 82.2 Å². The van der Waals surface area contributed by atoms with Crippen LogP contribution in [0.3, 0.4) is 0 Å². The molecule has 0 aliphatic carbocycles. The number of carbonyl (C=O) groups excluding carboxylic acids is 1. The third kappa shape index (κ3) is 3.67. The summed E-state index contributed by atoms with van der Waals surface area (Å²) >= 11 is 0. The van der Waals surface area contributed by atoms with Gasteiger partial charge in [0.05, 0.1) is 6.61 Å². The molecule has 19 heavy (non-hydrogen) atoms. The number of aromatic amines is 1. The van der Waals surface area contributed by atoms with Gasteiger partial charge in [-0.15, -0.1) is 0 Å². The summed E-state index contributed by atoms with van der Waals surface area (Å²) in [5, 5.41) is 12.2. The lowest BCUT2D eigenvalue weighted by atomic mass is 9.83. The van der Waals surface area contributed by atoms with Crippen LogP contribution in [-0.2, 0) is 0 Å². The van der Waals surface area contributed by atoms with Crippen molar-refractivity contribution in [3.8, 4) is 0 Å². The van der Waals surface area contributed by atoms with E-state index in [1.54, 1.807) is 6.92 Å². The highest BCUT2D eigenvalue weighted by Crippen LogP contribution is 2.24. The Kier molecular flexibility index (Phi) is 5.30. The monoisotopic (exact) mass is 266 g/mol.